The molecule has 1 unspecified atom stereocenters. The predicted molar refractivity (Wildman–Crippen MR) is 92.6 cm³/mol. The highest BCUT2D eigenvalue weighted by molar-refractivity contribution is 5.78. The summed E-state index contributed by atoms with van der Waals surface area (Å²) in [5, 5.41) is 4.00. The number of carbonyl (C=O) groups is 1. The number of hydrogen-bond donors (Lipinski definition) is 0. The van der Waals surface area contributed by atoms with Gasteiger partial charge in [0, 0.05) is 47.9 Å². The molecule has 5 nitrogen and oxygen atoms in total. The zero-order valence-corrected chi connectivity index (χ0v) is 14.9. The predicted octanol–water partition coefficient (Wildman–Crippen LogP) is 3.72. The monoisotopic (exact) mass is 327 g/mol. The van der Waals surface area contributed by atoms with E-state index < -0.39 is 0 Å². The van der Waals surface area contributed by atoms with Gasteiger partial charge in [0.15, 0.2) is 0 Å². The zero-order valence-electron chi connectivity index (χ0n) is 14.9. The Labute approximate surface area is 143 Å². The van der Waals surface area contributed by atoms with Gasteiger partial charge in [-0.25, -0.2) is 0 Å². The smallest absolute Gasteiger partial charge is 0.225 e. The van der Waals surface area contributed by atoms with Crippen LogP contribution in [0.3, 0.4) is 0 Å². The summed E-state index contributed by atoms with van der Waals surface area (Å²) in [6, 6.07) is 4.16. The molecule has 0 bridgehead atoms. The number of nitrogens with zero attached hydrogens (tertiary/aromatic N) is 3. The number of aryl methyl sites for hydroxylation is 2. The zero-order chi connectivity index (χ0) is 17.3. The molecule has 3 heterocycles. The van der Waals surface area contributed by atoms with Crippen molar-refractivity contribution in [2.45, 2.75) is 46.5 Å². The number of amides is 1. The quantitative estimate of drug-likeness (QED) is 0.862. The number of pyridine rings is 1. The van der Waals surface area contributed by atoms with Crippen LogP contribution in [0.5, 0.6) is 0 Å². The number of hydrogen-bond acceptors (Lipinski definition) is 4. The third-order valence-corrected chi connectivity index (χ3v) is 4.75. The molecule has 24 heavy (non-hydrogen) atoms. The van der Waals surface area contributed by atoms with Crippen molar-refractivity contribution in [2.24, 2.45) is 5.92 Å². The second-order valence-electron chi connectivity index (χ2n) is 6.95. The van der Waals surface area contributed by atoms with E-state index in [0.29, 0.717) is 5.92 Å². The Balaban J connectivity index is 1.77. The Kier molecular flexibility index (Phi) is 4.69. The minimum absolute atomic E-state index is 0.0543. The average Bonchev–Trinajstić information content (AvgIpc) is 2.93. The summed E-state index contributed by atoms with van der Waals surface area (Å²) in [5.41, 5.74) is 4.00. The van der Waals surface area contributed by atoms with Crippen molar-refractivity contribution in [3.05, 3.63) is 35.5 Å². The van der Waals surface area contributed by atoms with Crippen LogP contribution in [-0.4, -0.2) is 34.0 Å². The molecule has 0 N–H and O–H groups in total. The molecule has 1 aliphatic rings. The molecule has 1 saturated heterocycles. The van der Waals surface area contributed by atoms with Crippen molar-refractivity contribution in [3.63, 3.8) is 0 Å². The second-order valence-corrected chi connectivity index (χ2v) is 6.95. The van der Waals surface area contributed by atoms with Crippen LogP contribution < -0.4 is 0 Å². The molecule has 0 radical (unpaired) electrons. The third-order valence-electron chi connectivity index (χ3n) is 4.75. The van der Waals surface area contributed by atoms with Crippen molar-refractivity contribution in [3.8, 4) is 11.1 Å². The molecular formula is C19H25N3O2. The summed E-state index contributed by atoms with van der Waals surface area (Å²) >= 11 is 0. The third kappa shape index (κ3) is 3.21. The summed E-state index contributed by atoms with van der Waals surface area (Å²) in [6.45, 7) is 9.42. The van der Waals surface area contributed by atoms with E-state index >= 15 is 0 Å². The van der Waals surface area contributed by atoms with E-state index in [1.54, 1.807) is 0 Å². The first-order valence-electron chi connectivity index (χ1n) is 8.65. The van der Waals surface area contributed by atoms with E-state index in [4.69, 9.17) is 4.52 Å². The SMILES string of the molecule is Cc1noc(C)c1-c1ccc(C2CCCN(C(=O)C(C)C)C2)nc1. The minimum Gasteiger partial charge on any atom is -0.361 e. The number of aromatic nitrogens is 2. The average molecular weight is 327 g/mol. The fourth-order valence-electron chi connectivity index (χ4n) is 3.47. The molecule has 2 aromatic heterocycles. The normalized spacial score (nSPS) is 18.2. The molecule has 0 spiro atoms. The molecule has 2 aromatic rings. The van der Waals surface area contributed by atoms with Gasteiger partial charge in [-0.05, 0) is 32.8 Å². The van der Waals surface area contributed by atoms with Crippen molar-refractivity contribution in [1.29, 1.82) is 0 Å². The first kappa shape index (κ1) is 16.7. The van der Waals surface area contributed by atoms with Gasteiger partial charge in [0.05, 0.1) is 5.69 Å². The lowest BCUT2D eigenvalue weighted by atomic mass is 9.93. The summed E-state index contributed by atoms with van der Waals surface area (Å²) in [4.78, 5) is 18.9. The molecule has 1 amide bonds. The number of rotatable bonds is 3. The van der Waals surface area contributed by atoms with Crippen molar-refractivity contribution < 1.29 is 9.32 Å². The topological polar surface area (TPSA) is 59.2 Å². The van der Waals surface area contributed by atoms with Gasteiger partial charge < -0.3 is 9.42 Å². The van der Waals surface area contributed by atoms with Gasteiger partial charge in [-0.3, -0.25) is 9.78 Å². The molecule has 1 fully saturated rings. The van der Waals surface area contributed by atoms with Crippen LogP contribution in [0, 0.1) is 19.8 Å². The Morgan fingerprint density at radius 2 is 2.12 bits per heavy atom. The molecule has 5 heteroatoms. The Bertz CT molecular complexity index is 699. The van der Waals surface area contributed by atoms with Gasteiger partial charge in [0.1, 0.15) is 5.76 Å². The van der Waals surface area contributed by atoms with Crippen LogP contribution in [0.15, 0.2) is 22.9 Å². The van der Waals surface area contributed by atoms with Crippen LogP contribution in [0.1, 0.15) is 49.8 Å². The fourth-order valence-corrected chi connectivity index (χ4v) is 3.47. The van der Waals surface area contributed by atoms with Crippen LogP contribution in [0.25, 0.3) is 11.1 Å². The molecule has 3 rings (SSSR count). The highest BCUT2D eigenvalue weighted by atomic mass is 16.5. The maximum Gasteiger partial charge on any atom is 0.225 e. The molecule has 0 saturated carbocycles. The molecular weight excluding hydrogens is 302 g/mol. The first-order valence-corrected chi connectivity index (χ1v) is 8.65. The van der Waals surface area contributed by atoms with Crippen LogP contribution in [-0.2, 0) is 4.79 Å². The lowest BCUT2D eigenvalue weighted by molar-refractivity contribution is -0.135. The first-order chi connectivity index (χ1) is 11.5. The molecule has 128 valence electrons. The van der Waals surface area contributed by atoms with Crippen LogP contribution in [0.4, 0.5) is 0 Å². The van der Waals surface area contributed by atoms with Crippen LogP contribution in [0.2, 0.25) is 0 Å². The summed E-state index contributed by atoms with van der Waals surface area (Å²) in [5.74, 6) is 1.43. The lowest BCUT2D eigenvalue weighted by Crippen LogP contribution is -2.41. The maximum atomic E-state index is 12.2. The molecule has 1 atom stereocenters. The van der Waals surface area contributed by atoms with E-state index in [0.717, 1.165) is 54.2 Å². The summed E-state index contributed by atoms with van der Waals surface area (Å²) < 4.78 is 5.24. The Hall–Kier alpha value is -2.17. The number of piperidine rings is 1. The van der Waals surface area contributed by atoms with Crippen molar-refractivity contribution in [1.82, 2.24) is 15.0 Å². The maximum absolute atomic E-state index is 12.2. The van der Waals surface area contributed by atoms with Crippen molar-refractivity contribution in [2.75, 3.05) is 13.1 Å². The minimum atomic E-state index is 0.0543. The van der Waals surface area contributed by atoms with Gasteiger partial charge in [0.25, 0.3) is 0 Å². The van der Waals surface area contributed by atoms with Gasteiger partial charge in [0.2, 0.25) is 5.91 Å². The highest BCUT2D eigenvalue weighted by Gasteiger charge is 2.26. The standard InChI is InChI=1S/C19H25N3O2/c1-12(2)19(23)22-9-5-6-16(11-22)17-8-7-15(10-20-17)18-13(3)21-24-14(18)4/h7-8,10,12,16H,5-6,9,11H2,1-4H3. The number of likely N-dealkylation sites (tertiary alicyclic amines) is 1. The molecule has 0 aliphatic carbocycles. The van der Waals surface area contributed by atoms with Crippen LogP contribution >= 0.6 is 0 Å². The van der Waals surface area contributed by atoms with Gasteiger partial charge in [-0.15, -0.1) is 0 Å². The highest BCUT2D eigenvalue weighted by Crippen LogP contribution is 2.30. The molecule has 0 aromatic carbocycles. The molecule has 1 aliphatic heterocycles. The van der Waals surface area contributed by atoms with E-state index in [1.165, 1.54) is 0 Å². The number of carbonyl (C=O) groups excluding carboxylic acids is 1. The van der Waals surface area contributed by atoms with E-state index in [1.807, 2.05) is 38.8 Å². The summed E-state index contributed by atoms with van der Waals surface area (Å²) in [6.07, 6.45) is 4.01. The van der Waals surface area contributed by atoms with Gasteiger partial charge in [-0.2, -0.15) is 0 Å². The van der Waals surface area contributed by atoms with Gasteiger partial charge >= 0.3 is 0 Å². The Morgan fingerprint density at radius 3 is 2.71 bits per heavy atom. The largest absolute Gasteiger partial charge is 0.361 e. The van der Waals surface area contributed by atoms with Gasteiger partial charge in [-0.1, -0.05) is 25.1 Å². The Morgan fingerprint density at radius 1 is 1.33 bits per heavy atom. The van der Waals surface area contributed by atoms with E-state index in [-0.39, 0.29) is 11.8 Å². The second kappa shape index (κ2) is 6.75. The van der Waals surface area contributed by atoms with Crippen molar-refractivity contribution >= 4 is 5.91 Å². The van der Waals surface area contributed by atoms with E-state index in [2.05, 4.69) is 22.3 Å². The summed E-state index contributed by atoms with van der Waals surface area (Å²) in [7, 11) is 0. The fraction of sp³-hybridized carbons (Fsp3) is 0.526. The van der Waals surface area contributed by atoms with E-state index in [9.17, 15) is 4.79 Å². The lowest BCUT2D eigenvalue weighted by Gasteiger charge is -2.33.